The molecule has 5 heteroatoms. The van der Waals surface area contributed by atoms with Gasteiger partial charge in [0, 0.05) is 12.1 Å². The number of halogens is 2. The van der Waals surface area contributed by atoms with Gasteiger partial charge in [-0.05, 0) is 44.4 Å². The Morgan fingerprint density at radius 1 is 1.24 bits per heavy atom. The maximum Gasteiger partial charge on any atom is 0.114 e. The monoisotopic (exact) mass is 330 g/mol. The fourth-order valence-corrected chi connectivity index (χ4v) is 3.22. The average Bonchev–Trinajstić information content (AvgIpc) is 2.80. The van der Waals surface area contributed by atoms with Gasteiger partial charge in [0.15, 0.2) is 0 Å². The Morgan fingerprint density at radius 2 is 1.76 bits per heavy atom. The number of nitrogens with zero attached hydrogens (tertiary/aromatic N) is 1. The van der Waals surface area contributed by atoms with E-state index in [4.69, 9.17) is 33.7 Å². The van der Waals surface area contributed by atoms with Crippen molar-refractivity contribution in [3.63, 3.8) is 0 Å². The van der Waals surface area contributed by atoms with Crippen molar-refractivity contribution in [2.75, 3.05) is 12.3 Å². The summed E-state index contributed by atoms with van der Waals surface area (Å²) in [6, 6.07) is 3.72. The zero-order valence-electron chi connectivity index (χ0n) is 13.3. The molecule has 0 radical (unpaired) electrons. The van der Waals surface area contributed by atoms with E-state index in [1.807, 2.05) is 12.1 Å². The van der Waals surface area contributed by atoms with Gasteiger partial charge in [-0.25, -0.2) is 0 Å². The third-order valence-electron chi connectivity index (χ3n) is 3.88. The lowest BCUT2D eigenvalue weighted by atomic mass is 10.0. The van der Waals surface area contributed by atoms with E-state index < -0.39 is 0 Å². The molecule has 118 valence electrons. The lowest BCUT2D eigenvalue weighted by Crippen LogP contribution is -2.47. The standard InChI is InChI=1S/C16H24Cl2N2O/c1-9(2)15-20(16(3,4)5)8-13(21-15)10-6-11(17)14(19)12(18)7-10/h6-7,9,13,15H,8,19H2,1-5H3. The van der Waals surface area contributed by atoms with Gasteiger partial charge in [0.25, 0.3) is 0 Å². The topological polar surface area (TPSA) is 38.5 Å². The molecule has 3 nitrogen and oxygen atoms in total. The van der Waals surface area contributed by atoms with Gasteiger partial charge < -0.3 is 10.5 Å². The van der Waals surface area contributed by atoms with Crippen LogP contribution in [-0.4, -0.2) is 23.2 Å². The van der Waals surface area contributed by atoms with Gasteiger partial charge in [0.2, 0.25) is 0 Å². The van der Waals surface area contributed by atoms with E-state index in [1.54, 1.807) is 0 Å². The summed E-state index contributed by atoms with van der Waals surface area (Å²) >= 11 is 12.3. The minimum atomic E-state index is -0.0350. The van der Waals surface area contributed by atoms with Crippen LogP contribution in [0.25, 0.3) is 0 Å². The number of ether oxygens (including phenoxy) is 1. The third-order valence-corrected chi connectivity index (χ3v) is 4.50. The molecule has 0 bridgehead atoms. The second-order valence-electron chi connectivity index (χ2n) is 6.98. The molecule has 1 aromatic carbocycles. The average molecular weight is 331 g/mol. The van der Waals surface area contributed by atoms with Crippen LogP contribution in [0.15, 0.2) is 12.1 Å². The Labute approximate surface area is 137 Å². The van der Waals surface area contributed by atoms with Crippen LogP contribution in [0.1, 0.15) is 46.3 Å². The molecule has 0 aromatic heterocycles. The molecule has 0 spiro atoms. The Bertz CT molecular complexity index is 502. The maximum absolute atomic E-state index is 6.27. The molecule has 2 atom stereocenters. The molecular weight excluding hydrogens is 307 g/mol. The summed E-state index contributed by atoms with van der Waals surface area (Å²) < 4.78 is 6.27. The van der Waals surface area contributed by atoms with E-state index in [1.165, 1.54) is 0 Å². The number of anilines is 1. The molecule has 1 aliphatic rings. The van der Waals surface area contributed by atoms with Crippen molar-refractivity contribution in [3.05, 3.63) is 27.7 Å². The lowest BCUT2D eigenvalue weighted by Gasteiger charge is -2.37. The number of hydrogen-bond acceptors (Lipinski definition) is 3. The van der Waals surface area contributed by atoms with Crippen molar-refractivity contribution >= 4 is 28.9 Å². The Morgan fingerprint density at radius 3 is 2.14 bits per heavy atom. The summed E-state index contributed by atoms with van der Waals surface area (Å²) in [5, 5.41) is 0.966. The summed E-state index contributed by atoms with van der Waals surface area (Å²) in [4.78, 5) is 2.39. The van der Waals surface area contributed by atoms with Gasteiger partial charge in [-0.2, -0.15) is 0 Å². The molecule has 0 aliphatic carbocycles. The van der Waals surface area contributed by atoms with E-state index in [2.05, 4.69) is 39.5 Å². The fraction of sp³-hybridized carbons (Fsp3) is 0.625. The third kappa shape index (κ3) is 3.48. The first-order chi connectivity index (χ1) is 9.61. The zero-order chi connectivity index (χ0) is 15.9. The molecule has 0 amide bonds. The van der Waals surface area contributed by atoms with Gasteiger partial charge >= 0.3 is 0 Å². The highest BCUT2D eigenvalue weighted by atomic mass is 35.5. The molecule has 1 heterocycles. The van der Waals surface area contributed by atoms with Crippen LogP contribution in [-0.2, 0) is 4.74 Å². The Kier molecular flexibility index (Phi) is 4.79. The second-order valence-corrected chi connectivity index (χ2v) is 7.80. The normalized spacial score (nSPS) is 24.0. The first-order valence-corrected chi connectivity index (χ1v) is 8.03. The maximum atomic E-state index is 6.27. The summed E-state index contributed by atoms with van der Waals surface area (Å²) in [7, 11) is 0. The minimum Gasteiger partial charge on any atom is -0.396 e. The predicted molar refractivity (Wildman–Crippen MR) is 89.8 cm³/mol. The number of rotatable bonds is 2. The molecule has 1 fully saturated rings. The molecule has 2 unspecified atom stereocenters. The van der Waals surface area contributed by atoms with Crippen molar-refractivity contribution in [2.45, 2.75) is 52.5 Å². The van der Waals surface area contributed by atoms with E-state index in [9.17, 15) is 0 Å². The summed E-state index contributed by atoms with van der Waals surface area (Å²) in [5.74, 6) is 0.411. The highest BCUT2D eigenvalue weighted by Gasteiger charge is 2.41. The van der Waals surface area contributed by atoms with Gasteiger partial charge in [-0.3, -0.25) is 4.90 Å². The van der Waals surface area contributed by atoms with E-state index >= 15 is 0 Å². The van der Waals surface area contributed by atoms with Gasteiger partial charge in [-0.15, -0.1) is 0 Å². The Hall–Kier alpha value is -0.480. The van der Waals surface area contributed by atoms with Crippen LogP contribution in [0.5, 0.6) is 0 Å². The van der Waals surface area contributed by atoms with Gasteiger partial charge in [-0.1, -0.05) is 37.0 Å². The largest absolute Gasteiger partial charge is 0.396 e. The van der Waals surface area contributed by atoms with Crippen molar-refractivity contribution in [2.24, 2.45) is 5.92 Å². The SMILES string of the molecule is CC(C)C1OC(c2cc(Cl)c(N)c(Cl)c2)CN1C(C)(C)C. The van der Waals surface area contributed by atoms with E-state index in [0.29, 0.717) is 21.7 Å². The highest BCUT2D eigenvalue weighted by Crippen LogP contribution is 2.39. The molecule has 2 N–H and O–H groups in total. The van der Waals surface area contributed by atoms with Crippen LogP contribution in [0.4, 0.5) is 5.69 Å². The molecular formula is C16H24Cl2N2O. The Balaban J connectivity index is 2.31. The molecule has 1 aromatic rings. The predicted octanol–water partition coefficient (Wildman–Crippen LogP) is 4.73. The van der Waals surface area contributed by atoms with Crippen molar-refractivity contribution in [1.82, 2.24) is 4.90 Å². The van der Waals surface area contributed by atoms with Gasteiger partial charge in [0.05, 0.1) is 21.8 Å². The second kappa shape index (κ2) is 5.96. The summed E-state index contributed by atoms with van der Waals surface area (Å²) in [6.07, 6.45) is 0.0531. The molecule has 1 aliphatic heterocycles. The number of benzene rings is 1. The molecule has 2 rings (SSSR count). The highest BCUT2D eigenvalue weighted by molar-refractivity contribution is 6.38. The number of hydrogen-bond donors (Lipinski definition) is 1. The smallest absolute Gasteiger partial charge is 0.114 e. The van der Waals surface area contributed by atoms with Crippen LogP contribution < -0.4 is 5.73 Å². The van der Waals surface area contributed by atoms with Gasteiger partial charge in [0.1, 0.15) is 6.23 Å². The summed E-state index contributed by atoms with van der Waals surface area (Å²) in [6.45, 7) is 11.8. The van der Waals surface area contributed by atoms with Crippen molar-refractivity contribution in [3.8, 4) is 0 Å². The van der Waals surface area contributed by atoms with E-state index in [0.717, 1.165) is 12.1 Å². The first-order valence-electron chi connectivity index (χ1n) is 7.28. The van der Waals surface area contributed by atoms with Crippen LogP contribution in [0.2, 0.25) is 10.0 Å². The fourth-order valence-electron chi connectivity index (χ4n) is 2.71. The van der Waals surface area contributed by atoms with Crippen LogP contribution in [0, 0.1) is 5.92 Å². The van der Waals surface area contributed by atoms with Crippen LogP contribution >= 0.6 is 23.2 Å². The van der Waals surface area contributed by atoms with E-state index in [-0.39, 0.29) is 17.9 Å². The molecule has 0 saturated carbocycles. The number of nitrogens with two attached hydrogens (primary N) is 1. The molecule has 1 saturated heterocycles. The van der Waals surface area contributed by atoms with Crippen LogP contribution in [0.3, 0.4) is 0 Å². The van der Waals surface area contributed by atoms with Crippen molar-refractivity contribution in [1.29, 1.82) is 0 Å². The summed E-state index contributed by atoms with van der Waals surface area (Å²) in [5.41, 5.74) is 7.26. The first kappa shape index (κ1) is 16.9. The lowest BCUT2D eigenvalue weighted by molar-refractivity contribution is -0.0579. The minimum absolute atomic E-state index is 0.0350. The quantitative estimate of drug-likeness (QED) is 0.796. The van der Waals surface area contributed by atoms with Crippen molar-refractivity contribution < 1.29 is 4.74 Å². The number of nitrogen functional groups attached to an aromatic ring is 1. The molecule has 21 heavy (non-hydrogen) atoms. The zero-order valence-corrected chi connectivity index (χ0v) is 14.8.